The van der Waals surface area contributed by atoms with Crippen LogP contribution < -0.4 is 0 Å². The summed E-state index contributed by atoms with van der Waals surface area (Å²) >= 11 is 0. The van der Waals surface area contributed by atoms with Crippen molar-refractivity contribution >= 4 is 11.6 Å². The van der Waals surface area contributed by atoms with Crippen LogP contribution in [-0.2, 0) is 9.59 Å². The number of carbonyl (C=O) groups is 2. The first-order valence-electron chi connectivity index (χ1n) is 14.4. The number of allylic oxidation sites excluding steroid dienone is 2. The van der Waals surface area contributed by atoms with Gasteiger partial charge < -0.3 is 5.11 Å². The van der Waals surface area contributed by atoms with Gasteiger partial charge in [0.25, 0.3) is 0 Å². The third kappa shape index (κ3) is 2.51. The zero-order valence-electron chi connectivity index (χ0n) is 23.5. The topological polar surface area (TPSA) is 78.2 Å². The monoisotopic (exact) mass is 491 g/mol. The van der Waals surface area contributed by atoms with Crippen LogP contribution in [0.5, 0.6) is 0 Å². The molecule has 9 atom stereocenters. The lowest BCUT2D eigenvalue weighted by atomic mass is 9.33. The smallest absolute Gasteiger partial charge is 0.159 e. The Morgan fingerprint density at radius 3 is 2.25 bits per heavy atom. The van der Waals surface area contributed by atoms with Crippen LogP contribution in [0, 0.1) is 72.9 Å². The molecule has 0 aliphatic heterocycles. The molecule has 5 saturated carbocycles. The summed E-state index contributed by atoms with van der Waals surface area (Å²) in [6, 6.07) is 2.47. The minimum atomic E-state index is -0.874. The molecule has 0 aromatic carbocycles. The van der Waals surface area contributed by atoms with Crippen molar-refractivity contribution in [1.82, 2.24) is 0 Å². The van der Waals surface area contributed by atoms with E-state index in [2.05, 4.69) is 54.5 Å². The summed E-state index contributed by atoms with van der Waals surface area (Å²) in [5.41, 5.74) is -0.748. The molecule has 0 radical (unpaired) electrons. The molecule has 6 rings (SSSR count). The predicted octanol–water partition coefficient (Wildman–Crippen LogP) is 6.28. The van der Waals surface area contributed by atoms with E-state index in [1.165, 1.54) is 5.57 Å². The normalized spacial score (nSPS) is 54.0. The molecule has 36 heavy (non-hydrogen) atoms. The molecular weight excluding hydrogens is 446 g/mol. The van der Waals surface area contributed by atoms with E-state index in [0.717, 1.165) is 44.9 Å². The highest BCUT2D eigenvalue weighted by Crippen LogP contribution is 2.81. The Labute approximate surface area is 217 Å². The van der Waals surface area contributed by atoms with Gasteiger partial charge in [-0.15, -0.1) is 0 Å². The Kier molecular flexibility index (Phi) is 4.65. The summed E-state index contributed by atoms with van der Waals surface area (Å²) in [4.78, 5) is 28.0. The second-order valence-electron chi connectivity index (χ2n) is 15.9. The molecule has 4 heteroatoms. The summed E-state index contributed by atoms with van der Waals surface area (Å²) in [5, 5.41) is 20.9. The molecule has 0 bridgehead atoms. The summed E-state index contributed by atoms with van der Waals surface area (Å²) in [5.74, 6) is 0.715. The van der Waals surface area contributed by atoms with Crippen molar-refractivity contribution in [2.45, 2.75) is 99.8 Å². The minimum Gasteiger partial charge on any atom is -0.396 e. The van der Waals surface area contributed by atoms with Crippen molar-refractivity contribution < 1.29 is 14.7 Å². The Bertz CT molecular complexity index is 1140. The largest absolute Gasteiger partial charge is 0.396 e. The maximum atomic E-state index is 14.4. The number of nitriles is 1. The SMILES string of the molecule is CC1(C)CC[C@]2(CO)CC[C@]3(C)C(C(=O)C=C4[C@@]5(C)[C@H]6C[C@@]6(C#N)C(=O)C(C)(C)[C@@H]5CC[C@]43C)C2C1. The second kappa shape index (κ2) is 6.74. The lowest BCUT2D eigenvalue weighted by Crippen LogP contribution is -2.66. The molecule has 0 aromatic rings. The van der Waals surface area contributed by atoms with E-state index in [4.69, 9.17) is 0 Å². The molecule has 4 nitrogen and oxygen atoms in total. The number of hydrogen-bond acceptors (Lipinski definition) is 4. The Hall–Kier alpha value is -1.47. The van der Waals surface area contributed by atoms with Crippen LogP contribution >= 0.6 is 0 Å². The molecule has 0 aromatic heterocycles. The van der Waals surface area contributed by atoms with Gasteiger partial charge in [0.1, 0.15) is 5.41 Å². The summed E-state index contributed by atoms with van der Waals surface area (Å²) in [6.07, 6.45) is 9.71. The lowest BCUT2D eigenvalue weighted by molar-refractivity contribution is -0.183. The summed E-state index contributed by atoms with van der Waals surface area (Å²) < 4.78 is 0. The number of hydrogen-bond donors (Lipinski definition) is 1. The second-order valence-corrected chi connectivity index (χ2v) is 15.9. The van der Waals surface area contributed by atoms with E-state index in [9.17, 15) is 20.0 Å². The van der Waals surface area contributed by atoms with Gasteiger partial charge in [-0.3, -0.25) is 9.59 Å². The highest BCUT2D eigenvalue weighted by Gasteiger charge is 2.80. The lowest BCUT2D eigenvalue weighted by Gasteiger charge is -2.70. The summed E-state index contributed by atoms with van der Waals surface area (Å²) in [6.45, 7) is 16.1. The Morgan fingerprint density at radius 1 is 0.944 bits per heavy atom. The maximum absolute atomic E-state index is 14.4. The van der Waals surface area contributed by atoms with E-state index >= 15 is 0 Å². The van der Waals surface area contributed by atoms with Crippen molar-refractivity contribution in [1.29, 1.82) is 5.26 Å². The number of fused-ring (bicyclic) bond motifs is 9. The number of ketones is 2. The predicted molar refractivity (Wildman–Crippen MR) is 138 cm³/mol. The Balaban J connectivity index is 1.52. The third-order valence-corrected chi connectivity index (χ3v) is 13.8. The number of nitrogens with zero attached hydrogens (tertiary/aromatic N) is 1. The van der Waals surface area contributed by atoms with Crippen LogP contribution in [-0.4, -0.2) is 23.3 Å². The van der Waals surface area contributed by atoms with Crippen molar-refractivity contribution in [3.63, 3.8) is 0 Å². The molecule has 0 saturated heterocycles. The van der Waals surface area contributed by atoms with Crippen molar-refractivity contribution in [3.8, 4) is 6.07 Å². The zero-order chi connectivity index (χ0) is 26.3. The van der Waals surface area contributed by atoms with Crippen LogP contribution in [0.2, 0.25) is 0 Å². The van der Waals surface area contributed by atoms with Crippen LogP contribution in [0.25, 0.3) is 0 Å². The van der Waals surface area contributed by atoms with Crippen molar-refractivity contribution in [3.05, 3.63) is 11.6 Å². The van der Waals surface area contributed by atoms with Crippen LogP contribution in [0.4, 0.5) is 0 Å². The van der Waals surface area contributed by atoms with E-state index in [-0.39, 0.29) is 68.9 Å². The number of aliphatic hydroxyl groups excluding tert-OH is 1. The van der Waals surface area contributed by atoms with Gasteiger partial charge in [-0.2, -0.15) is 5.26 Å². The molecule has 1 N–H and O–H groups in total. The fraction of sp³-hybridized carbons (Fsp3) is 0.844. The zero-order valence-corrected chi connectivity index (χ0v) is 23.5. The maximum Gasteiger partial charge on any atom is 0.159 e. The fourth-order valence-corrected chi connectivity index (χ4v) is 11.5. The quantitative estimate of drug-likeness (QED) is 0.468. The van der Waals surface area contributed by atoms with E-state index in [1.807, 2.05) is 6.08 Å². The first-order chi connectivity index (χ1) is 16.6. The van der Waals surface area contributed by atoms with Gasteiger partial charge in [-0.25, -0.2) is 0 Å². The molecule has 196 valence electrons. The van der Waals surface area contributed by atoms with Gasteiger partial charge in [0.2, 0.25) is 0 Å². The van der Waals surface area contributed by atoms with Crippen molar-refractivity contribution in [2.24, 2.45) is 61.6 Å². The minimum absolute atomic E-state index is 0.0214. The molecule has 0 spiro atoms. The van der Waals surface area contributed by atoms with Gasteiger partial charge in [0.15, 0.2) is 11.6 Å². The molecule has 0 amide bonds. The van der Waals surface area contributed by atoms with Gasteiger partial charge >= 0.3 is 0 Å². The average molecular weight is 492 g/mol. The van der Waals surface area contributed by atoms with E-state index < -0.39 is 10.8 Å². The molecular formula is C32H45NO3. The molecule has 6 aliphatic carbocycles. The van der Waals surface area contributed by atoms with Crippen LogP contribution in [0.15, 0.2) is 11.6 Å². The standard InChI is InChI=1S/C32H45NO3/c1-26(2)10-12-31(18-34)13-11-29(6)24(19(31)15-26)20(35)14-22-28(29,5)9-8-21-27(3,4)25(36)32(17-33)16-23(32)30(21,22)7/h14,19,21,23-24,34H,8-13,15-16,18H2,1-7H3/t19?,21-,23+,24?,28+,29+,30-,31+,32-/m0/s1. The van der Waals surface area contributed by atoms with Gasteiger partial charge in [-0.1, -0.05) is 54.0 Å². The van der Waals surface area contributed by atoms with Gasteiger partial charge in [0, 0.05) is 17.9 Å². The third-order valence-electron chi connectivity index (χ3n) is 13.8. The van der Waals surface area contributed by atoms with E-state index in [0.29, 0.717) is 6.42 Å². The Morgan fingerprint density at radius 2 is 1.61 bits per heavy atom. The number of carbonyl (C=O) groups excluding carboxylic acids is 2. The molecule has 0 heterocycles. The van der Waals surface area contributed by atoms with Gasteiger partial charge in [-0.05, 0) is 102 Å². The average Bonchev–Trinajstić information content (AvgIpc) is 3.56. The number of rotatable bonds is 1. The fourth-order valence-electron chi connectivity index (χ4n) is 11.5. The summed E-state index contributed by atoms with van der Waals surface area (Å²) in [7, 11) is 0. The number of Topliss-reactive ketones (excluding diaryl/α,β-unsaturated/α-hetero) is 1. The van der Waals surface area contributed by atoms with Crippen molar-refractivity contribution in [2.75, 3.05) is 6.61 Å². The highest BCUT2D eigenvalue weighted by atomic mass is 16.3. The molecule has 5 fully saturated rings. The van der Waals surface area contributed by atoms with Gasteiger partial charge in [0.05, 0.1) is 6.07 Å². The first-order valence-corrected chi connectivity index (χ1v) is 14.4. The first kappa shape index (κ1) is 24.8. The molecule has 6 aliphatic rings. The van der Waals surface area contributed by atoms with E-state index in [1.54, 1.807) is 0 Å². The van der Waals surface area contributed by atoms with Crippen LogP contribution in [0.1, 0.15) is 99.8 Å². The number of aliphatic hydroxyl groups is 1. The molecule has 2 unspecified atom stereocenters. The highest BCUT2D eigenvalue weighted by molar-refractivity contribution is 5.99. The van der Waals surface area contributed by atoms with Crippen LogP contribution in [0.3, 0.4) is 0 Å².